The summed E-state index contributed by atoms with van der Waals surface area (Å²) < 4.78 is 16.6. The molecule has 1 atom stereocenters. The summed E-state index contributed by atoms with van der Waals surface area (Å²) in [6, 6.07) is 15.1. The number of aromatic nitrogens is 3. The number of halogens is 1. The maximum Gasteiger partial charge on any atom is 0.331 e. The number of ether oxygens (including phenoxy) is 2. The number of rotatable bonds is 3. The normalized spacial score (nSPS) is 17.1. The van der Waals surface area contributed by atoms with Gasteiger partial charge in [0.15, 0.2) is 0 Å². The number of methoxy groups -OCH3 is 1. The molecule has 4 aromatic rings. The van der Waals surface area contributed by atoms with Gasteiger partial charge in [-0.05, 0) is 49.7 Å². The van der Waals surface area contributed by atoms with Crippen LogP contribution in [-0.2, 0) is 24.4 Å². The standard InChI is InChI=1S/C26H26ClN3O4/c1-26(2)14-34-23(17-8-6-7-9-18(17)27)22-21-19(24(31)29(4)25(32)28(21)3)20(30(22)26)15-10-12-16(33-5)13-11-15/h6-13,23H,14H2,1-5H3. The van der Waals surface area contributed by atoms with E-state index in [0.29, 0.717) is 22.5 Å². The maximum atomic E-state index is 13.6. The summed E-state index contributed by atoms with van der Waals surface area (Å²) in [4.78, 5) is 26.6. The fraction of sp³-hybridized carbons (Fsp3) is 0.308. The minimum Gasteiger partial charge on any atom is -0.497 e. The summed E-state index contributed by atoms with van der Waals surface area (Å²) in [5, 5.41) is 1.04. The zero-order valence-corrected chi connectivity index (χ0v) is 20.5. The van der Waals surface area contributed by atoms with Gasteiger partial charge in [0.25, 0.3) is 5.56 Å². The van der Waals surface area contributed by atoms with E-state index in [2.05, 4.69) is 18.4 Å². The fourth-order valence-corrected chi connectivity index (χ4v) is 5.18. The van der Waals surface area contributed by atoms with Crippen LogP contribution in [0.2, 0.25) is 5.02 Å². The van der Waals surface area contributed by atoms with Gasteiger partial charge in [-0.1, -0.05) is 29.8 Å². The molecule has 0 amide bonds. The van der Waals surface area contributed by atoms with Crippen LogP contribution in [0.5, 0.6) is 5.75 Å². The van der Waals surface area contributed by atoms with Crippen molar-refractivity contribution in [1.29, 1.82) is 0 Å². The second kappa shape index (κ2) is 7.89. The molecule has 0 saturated heterocycles. The van der Waals surface area contributed by atoms with Crippen molar-refractivity contribution in [2.24, 2.45) is 14.1 Å². The molecular weight excluding hydrogens is 454 g/mol. The van der Waals surface area contributed by atoms with E-state index in [1.165, 1.54) is 11.6 Å². The van der Waals surface area contributed by atoms with E-state index in [-0.39, 0.29) is 5.56 Å². The van der Waals surface area contributed by atoms with Crippen molar-refractivity contribution in [3.05, 3.63) is 85.6 Å². The molecule has 5 rings (SSSR count). The van der Waals surface area contributed by atoms with E-state index >= 15 is 0 Å². The van der Waals surface area contributed by atoms with Crippen LogP contribution in [0.3, 0.4) is 0 Å². The molecule has 34 heavy (non-hydrogen) atoms. The van der Waals surface area contributed by atoms with Crippen LogP contribution in [0.1, 0.15) is 31.2 Å². The van der Waals surface area contributed by atoms with Crippen LogP contribution in [0, 0.1) is 0 Å². The molecule has 0 N–H and O–H groups in total. The van der Waals surface area contributed by atoms with Crippen molar-refractivity contribution >= 4 is 22.5 Å². The predicted octanol–water partition coefficient (Wildman–Crippen LogP) is 4.22. The van der Waals surface area contributed by atoms with E-state index in [0.717, 1.165) is 32.8 Å². The second-order valence-corrected chi connectivity index (χ2v) is 9.66. The smallest absolute Gasteiger partial charge is 0.331 e. The van der Waals surface area contributed by atoms with E-state index in [1.54, 1.807) is 14.2 Å². The minimum atomic E-state index is -0.547. The van der Waals surface area contributed by atoms with E-state index in [4.69, 9.17) is 21.1 Å². The Labute approximate surface area is 201 Å². The van der Waals surface area contributed by atoms with Gasteiger partial charge in [-0.25, -0.2) is 4.79 Å². The van der Waals surface area contributed by atoms with Crippen LogP contribution in [0.4, 0.5) is 0 Å². The molecule has 0 aliphatic carbocycles. The Bertz CT molecular complexity index is 1540. The van der Waals surface area contributed by atoms with Crippen molar-refractivity contribution in [1.82, 2.24) is 13.7 Å². The van der Waals surface area contributed by atoms with E-state index < -0.39 is 17.3 Å². The molecule has 176 valence electrons. The lowest BCUT2D eigenvalue weighted by atomic mass is 9.98. The number of nitrogens with zero attached hydrogens (tertiary/aromatic N) is 3. The first-order valence-electron chi connectivity index (χ1n) is 11.0. The van der Waals surface area contributed by atoms with Gasteiger partial charge in [0.1, 0.15) is 11.9 Å². The second-order valence-electron chi connectivity index (χ2n) is 9.25. The first kappa shape index (κ1) is 22.5. The van der Waals surface area contributed by atoms with Crippen LogP contribution in [0.15, 0.2) is 58.1 Å². The molecule has 0 bridgehead atoms. The molecule has 0 fully saturated rings. The molecule has 0 radical (unpaired) electrons. The lowest BCUT2D eigenvalue weighted by molar-refractivity contribution is -0.00702. The first-order chi connectivity index (χ1) is 16.2. The lowest BCUT2D eigenvalue weighted by Crippen LogP contribution is -2.40. The first-order valence-corrected chi connectivity index (χ1v) is 11.4. The summed E-state index contributed by atoms with van der Waals surface area (Å²) >= 11 is 6.59. The third kappa shape index (κ3) is 3.15. The summed E-state index contributed by atoms with van der Waals surface area (Å²) in [7, 11) is 4.81. The van der Waals surface area contributed by atoms with Crippen LogP contribution in [0.25, 0.3) is 22.2 Å². The number of hydrogen-bond acceptors (Lipinski definition) is 4. The Morgan fingerprint density at radius 3 is 2.35 bits per heavy atom. The highest BCUT2D eigenvalue weighted by atomic mass is 35.5. The Hall–Kier alpha value is -3.29. The Morgan fingerprint density at radius 1 is 1.03 bits per heavy atom. The molecular formula is C26H26ClN3O4. The average molecular weight is 480 g/mol. The van der Waals surface area contributed by atoms with Crippen molar-refractivity contribution in [3.63, 3.8) is 0 Å². The average Bonchev–Trinajstić information content (AvgIpc) is 3.20. The van der Waals surface area contributed by atoms with Gasteiger partial charge in [0.05, 0.1) is 41.5 Å². The summed E-state index contributed by atoms with van der Waals surface area (Å²) in [5.41, 5.74) is 2.43. The minimum absolute atomic E-state index is 0.348. The number of hydrogen-bond donors (Lipinski definition) is 0. The summed E-state index contributed by atoms with van der Waals surface area (Å²) in [6.45, 7) is 4.52. The van der Waals surface area contributed by atoms with Crippen molar-refractivity contribution in [2.75, 3.05) is 13.7 Å². The van der Waals surface area contributed by atoms with Gasteiger partial charge in [-0.3, -0.25) is 13.9 Å². The van der Waals surface area contributed by atoms with Gasteiger partial charge in [-0.15, -0.1) is 0 Å². The Balaban J connectivity index is 2.00. The maximum absolute atomic E-state index is 13.6. The van der Waals surface area contributed by atoms with Gasteiger partial charge >= 0.3 is 5.69 Å². The lowest BCUT2D eigenvalue weighted by Gasteiger charge is -2.39. The SMILES string of the molecule is COc1ccc(-c2c3c(=O)n(C)c(=O)n(C)c3c3n2C(C)(C)COC3c2ccccc2Cl)cc1. The third-order valence-electron chi connectivity index (χ3n) is 6.62. The molecule has 1 unspecified atom stereocenters. The van der Waals surface area contributed by atoms with E-state index in [9.17, 15) is 9.59 Å². The number of benzene rings is 2. The number of aryl methyl sites for hydroxylation is 1. The molecule has 1 aliphatic heterocycles. The monoisotopic (exact) mass is 479 g/mol. The Kier molecular flexibility index (Phi) is 5.22. The highest BCUT2D eigenvalue weighted by molar-refractivity contribution is 6.31. The summed E-state index contributed by atoms with van der Waals surface area (Å²) in [6.07, 6.45) is -0.547. The topological polar surface area (TPSA) is 67.4 Å². The van der Waals surface area contributed by atoms with Gasteiger partial charge in [0.2, 0.25) is 0 Å². The van der Waals surface area contributed by atoms with Crippen molar-refractivity contribution in [3.8, 4) is 17.0 Å². The van der Waals surface area contributed by atoms with Gasteiger partial charge in [0, 0.05) is 24.7 Å². The third-order valence-corrected chi connectivity index (χ3v) is 6.96. The molecule has 8 heteroatoms. The molecule has 2 aromatic heterocycles. The highest BCUT2D eigenvalue weighted by Crippen LogP contribution is 2.46. The molecule has 7 nitrogen and oxygen atoms in total. The van der Waals surface area contributed by atoms with Crippen LogP contribution < -0.4 is 16.0 Å². The van der Waals surface area contributed by atoms with Gasteiger partial charge < -0.3 is 14.0 Å². The molecule has 1 aliphatic rings. The van der Waals surface area contributed by atoms with Crippen molar-refractivity contribution < 1.29 is 9.47 Å². The Morgan fingerprint density at radius 2 is 1.71 bits per heavy atom. The quantitative estimate of drug-likeness (QED) is 0.441. The van der Waals surface area contributed by atoms with Crippen molar-refractivity contribution in [2.45, 2.75) is 25.5 Å². The fourth-order valence-electron chi connectivity index (χ4n) is 4.94. The van der Waals surface area contributed by atoms with Crippen LogP contribution in [-0.4, -0.2) is 27.4 Å². The zero-order chi connectivity index (χ0) is 24.4. The highest BCUT2D eigenvalue weighted by Gasteiger charge is 2.41. The zero-order valence-electron chi connectivity index (χ0n) is 19.8. The molecule has 0 spiro atoms. The molecule has 3 heterocycles. The summed E-state index contributed by atoms with van der Waals surface area (Å²) in [5.74, 6) is 0.718. The van der Waals surface area contributed by atoms with E-state index in [1.807, 2.05) is 48.5 Å². The number of fused-ring (bicyclic) bond motifs is 3. The largest absolute Gasteiger partial charge is 0.497 e. The predicted molar refractivity (Wildman–Crippen MR) is 133 cm³/mol. The molecule has 2 aromatic carbocycles. The van der Waals surface area contributed by atoms with Gasteiger partial charge in [-0.2, -0.15) is 0 Å². The molecule has 0 saturated carbocycles. The van der Waals surface area contributed by atoms with Crippen LogP contribution >= 0.6 is 11.6 Å².